The number of hydrogen-bond acceptors (Lipinski definition) is 1. The Morgan fingerprint density at radius 3 is 2.65 bits per heavy atom. The Balaban J connectivity index is 2.19. The van der Waals surface area contributed by atoms with Gasteiger partial charge >= 0.3 is 0 Å². The van der Waals surface area contributed by atoms with Crippen molar-refractivity contribution in [3.8, 4) is 11.3 Å². The Morgan fingerprint density at radius 2 is 1.91 bits per heavy atom. The number of H-pyrrole nitrogens is 1. The molecule has 0 atom stereocenters. The van der Waals surface area contributed by atoms with E-state index in [2.05, 4.69) is 55.0 Å². The van der Waals surface area contributed by atoms with Crippen LogP contribution in [0.15, 0.2) is 45.3 Å². The summed E-state index contributed by atoms with van der Waals surface area (Å²) in [7, 11) is 0. The lowest BCUT2D eigenvalue weighted by molar-refractivity contribution is 0.748. The maximum atomic E-state index is 6.27. The Bertz CT molecular complexity index is 842. The fourth-order valence-corrected chi connectivity index (χ4v) is 4.18. The first kappa shape index (κ1) is 17.0. The third-order valence-electron chi connectivity index (χ3n) is 3.93. The molecule has 0 amide bonds. The first-order valence-corrected chi connectivity index (χ1v) is 9.52. The zero-order chi connectivity index (χ0) is 16.4. The van der Waals surface area contributed by atoms with Gasteiger partial charge in [-0.25, -0.2) is 0 Å². The Hall–Kier alpha value is -0.810. The molecule has 2 nitrogen and oxygen atoms in total. The lowest BCUT2D eigenvalue weighted by Crippen LogP contribution is -1.99. The Morgan fingerprint density at radius 1 is 1.09 bits per heavy atom. The van der Waals surface area contributed by atoms with Crippen molar-refractivity contribution in [2.75, 3.05) is 6.54 Å². The highest BCUT2D eigenvalue weighted by Gasteiger charge is 2.15. The number of nitrogens with two attached hydrogens (primary N) is 1. The number of nitrogens with one attached hydrogen (secondary N) is 1. The SMILES string of the molecule is NCCCCc1c(-c2cccc(Br)c2)[nH]c2c(Br)cc(Cl)cc12. The van der Waals surface area contributed by atoms with E-state index in [1.165, 1.54) is 16.5 Å². The van der Waals surface area contributed by atoms with Crippen molar-refractivity contribution in [3.63, 3.8) is 0 Å². The number of hydrogen-bond donors (Lipinski definition) is 2. The van der Waals surface area contributed by atoms with E-state index in [0.29, 0.717) is 0 Å². The molecule has 3 N–H and O–H groups in total. The molecule has 0 bridgehead atoms. The molecule has 0 saturated carbocycles. The molecule has 1 heterocycles. The molecular formula is C18H17Br2ClN2. The molecule has 0 aliphatic rings. The van der Waals surface area contributed by atoms with Crippen molar-refractivity contribution in [1.82, 2.24) is 4.98 Å². The second-order valence-electron chi connectivity index (χ2n) is 5.54. The summed E-state index contributed by atoms with van der Waals surface area (Å²) in [6.07, 6.45) is 3.06. The van der Waals surface area contributed by atoms with E-state index in [1.807, 2.05) is 18.2 Å². The molecule has 0 fully saturated rings. The third-order valence-corrected chi connectivity index (χ3v) is 5.26. The van der Waals surface area contributed by atoms with Crippen LogP contribution < -0.4 is 5.73 Å². The molecular weight excluding hydrogens is 439 g/mol. The highest BCUT2D eigenvalue weighted by atomic mass is 79.9. The van der Waals surface area contributed by atoms with Crippen molar-refractivity contribution < 1.29 is 0 Å². The molecule has 5 heteroatoms. The maximum Gasteiger partial charge on any atom is 0.0607 e. The molecule has 1 aromatic heterocycles. The van der Waals surface area contributed by atoms with Gasteiger partial charge in [-0.1, -0.05) is 39.7 Å². The highest BCUT2D eigenvalue weighted by molar-refractivity contribution is 9.11. The molecule has 0 aliphatic heterocycles. The van der Waals surface area contributed by atoms with Gasteiger partial charge in [0.1, 0.15) is 0 Å². The molecule has 23 heavy (non-hydrogen) atoms. The molecule has 3 aromatic rings. The van der Waals surface area contributed by atoms with Gasteiger partial charge in [0.05, 0.1) is 5.52 Å². The van der Waals surface area contributed by atoms with Gasteiger partial charge in [-0.3, -0.25) is 0 Å². The van der Waals surface area contributed by atoms with Crippen LogP contribution in [0.4, 0.5) is 0 Å². The van der Waals surface area contributed by atoms with Crippen LogP contribution in [0.1, 0.15) is 18.4 Å². The van der Waals surface area contributed by atoms with E-state index in [1.54, 1.807) is 0 Å². The van der Waals surface area contributed by atoms with E-state index in [-0.39, 0.29) is 0 Å². The molecule has 3 rings (SSSR count). The van der Waals surface area contributed by atoms with Gasteiger partial charge < -0.3 is 10.7 Å². The number of aryl methyl sites for hydroxylation is 1. The minimum absolute atomic E-state index is 0.721. The predicted molar refractivity (Wildman–Crippen MR) is 106 cm³/mol. The first-order chi connectivity index (χ1) is 11.1. The lowest BCUT2D eigenvalue weighted by atomic mass is 10.0. The summed E-state index contributed by atoms with van der Waals surface area (Å²) in [4.78, 5) is 3.57. The molecule has 0 unspecified atom stereocenters. The fraction of sp³-hybridized carbons (Fsp3) is 0.222. The zero-order valence-electron chi connectivity index (χ0n) is 12.5. The number of rotatable bonds is 5. The number of unbranched alkanes of at least 4 members (excludes halogenated alkanes) is 1. The minimum atomic E-state index is 0.721. The normalized spacial score (nSPS) is 11.3. The van der Waals surface area contributed by atoms with Gasteiger partial charge in [0.2, 0.25) is 0 Å². The summed E-state index contributed by atoms with van der Waals surface area (Å²) in [5, 5.41) is 1.92. The van der Waals surface area contributed by atoms with Crippen LogP contribution >= 0.6 is 43.5 Å². The minimum Gasteiger partial charge on any atom is -0.353 e. The van der Waals surface area contributed by atoms with Crippen LogP contribution in [0.25, 0.3) is 22.2 Å². The van der Waals surface area contributed by atoms with E-state index in [4.69, 9.17) is 17.3 Å². The van der Waals surface area contributed by atoms with Gasteiger partial charge in [-0.05, 0) is 77.1 Å². The fourth-order valence-electron chi connectivity index (χ4n) is 2.87. The molecule has 0 radical (unpaired) electrons. The standard InChI is InChI=1S/C18H17Br2ClN2/c19-12-5-3-4-11(8-12)17-14(6-1-2-7-22)15-9-13(21)10-16(20)18(15)23-17/h3-5,8-10,23H,1-2,6-7,22H2. The molecule has 0 aliphatic carbocycles. The van der Waals surface area contributed by atoms with Gasteiger partial charge in [-0.15, -0.1) is 0 Å². The lowest BCUT2D eigenvalue weighted by Gasteiger charge is -2.06. The Kier molecular flexibility index (Phi) is 5.47. The van der Waals surface area contributed by atoms with Gasteiger partial charge in [0.25, 0.3) is 0 Å². The average Bonchev–Trinajstić information content (AvgIpc) is 2.87. The van der Waals surface area contributed by atoms with E-state index in [9.17, 15) is 0 Å². The Labute approximate surface area is 157 Å². The summed E-state index contributed by atoms with van der Waals surface area (Å²) in [6.45, 7) is 0.721. The molecule has 0 saturated heterocycles. The van der Waals surface area contributed by atoms with Crippen molar-refractivity contribution >= 4 is 54.4 Å². The monoisotopic (exact) mass is 454 g/mol. The van der Waals surface area contributed by atoms with Crippen LogP contribution in [-0.4, -0.2) is 11.5 Å². The maximum absolute atomic E-state index is 6.27. The summed E-state index contributed by atoms with van der Waals surface area (Å²) in [6, 6.07) is 12.3. The van der Waals surface area contributed by atoms with Crippen LogP contribution in [0, 0.1) is 0 Å². The third kappa shape index (κ3) is 3.66. The first-order valence-electron chi connectivity index (χ1n) is 7.55. The van der Waals surface area contributed by atoms with Gasteiger partial charge in [0.15, 0.2) is 0 Å². The summed E-state index contributed by atoms with van der Waals surface area (Å²) in [5.74, 6) is 0. The zero-order valence-corrected chi connectivity index (χ0v) is 16.4. The van der Waals surface area contributed by atoms with Crippen LogP contribution in [0.2, 0.25) is 5.02 Å². The summed E-state index contributed by atoms with van der Waals surface area (Å²) >= 11 is 13.4. The number of aromatic amines is 1. The largest absolute Gasteiger partial charge is 0.353 e. The predicted octanol–water partition coefficient (Wildman–Crippen LogP) is 6.29. The van der Waals surface area contributed by atoms with Crippen molar-refractivity contribution in [2.24, 2.45) is 5.73 Å². The summed E-state index contributed by atoms with van der Waals surface area (Å²) < 4.78 is 2.06. The number of aromatic nitrogens is 1. The number of benzene rings is 2. The van der Waals surface area contributed by atoms with Crippen molar-refractivity contribution in [3.05, 3.63) is 55.9 Å². The molecule has 0 spiro atoms. The van der Waals surface area contributed by atoms with Gasteiger partial charge in [0, 0.05) is 25.0 Å². The highest BCUT2D eigenvalue weighted by Crippen LogP contribution is 2.37. The molecule has 2 aromatic carbocycles. The van der Waals surface area contributed by atoms with E-state index in [0.717, 1.165) is 51.0 Å². The van der Waals surface area contributed by atoms with Crippen LogP contribution in [0.5, 0.6) is 0 Å². The molecule has 120 valence electrons. The second kappa shape index (κ2) is 7.39. The van der Waals surface area contributed by atoms with Crippen molar-refractivity contribution in [2.45, 2.75) is 19.3 Å². The second-order valence-corrected chi connectivity index (χ2v) is 7.75. The van der Waals surface area contributed by atoms with Crippen LogP contribution in [-0.2, 0) is 6.42 Å². The number of halogens is 3. The topological polar surface area (TPSA) is 41.8 Å². The smallest absolute Gasteiger partial charge is 0.0607 e. The van der Waals surface area contributed by atoms with Gasteiger partial charge in [-0.2, -0.15) is 0 Å². The summed E-state index contributed by atoms with van der Waals surface area (Å²) in [5.41, 5.74) is 10.4. The van der Waals surface area contributed by atoms with Crippen LogP contribution in [0.3, 0.4) is 0 Å². The quantitative estimate of drug-likeness (QED) is 0.435. The average molecular weight is 457 g/mol. The van der Waals surface area contributed by atoms with E-state index >= 15 is 0 Å². The van der Waals surface area contributed by atoms with Crippen molar-refractivity contribution in [1.29, 1.82) is 0 Å². The van der Waals surface area contributed by atoms with E-state index < -0.39 is 0 Å². The number of fused-ring (bicyclic) bond motifs is 1.